The van der Waals surface area contributed by atoms with Crippen LogP contribution in [0.3, 0.4) is 0 Å². The molecule has 0 bridgehead atoms. The molecule has 4 rings (SSSR count). The Bertz CT molecular complexity index is 1000. The van der Waals surface area contributed by atoms with Crippen molar-refractivity contribution < 1.29 is 18.3 Å². The van der Waals surface area contributed by atoms with Gasteiger partial charge in [0.05, 0.1) is 30.3 Å². The van der Waals surface area contributed by atoms with Crippen molar-refractivity contribution in [3.8, 4) is 11.8 Å². The first-order valence-corrected chi connectivity index (χ1v) is 9.21. The molecule has 0 saturated carbocycles. The van der Waals surface area contributed by atoms with Crippen LogP contribution in [0.25, 0.3) is 0 Å². The Morgan fingerprint density at radius 1 is 1.24 bits per heavy atom. The standard InChI is InChI=1S/C21H18F2N4O2/c1-13-20(29-18-4-2-3-14(7-18)11-24)12-26(13)21(28)27-19(5-6-25-27)15-8-16(22)10-17(23)9-15/h2-4,6-10,13,19-20H,5,12H2,1H3/t13-,19+,20+/m1/s1. The Morgan fingerprint density at radius 2 is 2.00 bits per heavy atom. The number of ether oxygens (including phenoxy) is 1. The van der Waals surface area contributed by atoms with Crippen LogP contribution in [0.5, 0.6) is 5.75 Å². The lowest BCUT2D eigenvalue weighted by Gasteiger charge is -2.46. The van der Waals surface area contributed by atoms with Gasteiger partial charge < -0.3 is 9.64 Å². The van der Waals surface area contributed by atoms with Gasteiger partial charge in [-0.3, -0.25) is 0 Å². The number of amides is 2. The van der Waals surface area contributed by atoms with Crippen LogP contribution in [-0.4, -0.2) is 40.8 Å². The van der Waals surface area contributed by atoms with Crippen molar-refractivity contribution in [3.63, 3.8) is 0 Å². The van der Waals surface area contributed by atoms with Crippen LogP contribution in [0.15, 0.2) is 47.6 Å². The van der Waals surface area contributed by atoms with Gasteiger partial charge in [0, 0.05) is 18.7 Å². The number of rotatable bonds is 3. The van der Waals surface area contributed by atoms with Crippen molar-refractivity contribution in [2.45, 2.75) is 31.5 Å². The SMILES string of the molecule is C[C@@H]1[C@@H](Oc2cccc(C#N)c2)CN1C(=O)N1N=CC[C@H]1c1cc(F)cc(F)c1. The van der Waals surface area contributed by atoms with Crippen molar-refractivity contribution in [2.75, 3.05) is 6.54 Å². The van der Waals surface area contributed by atoms with Gasteiger partial charge in [-0.1, -0.05) is 6.07 Å². The fraction of sp³-hybridized carbons (Fsp3) is 0.286. The van der Waals surface area contributed by atoms with E-state index in [0.29, 0.717) is 29.8 Å². The molecule has 2 amide bonds. The predicted octanol–water partition coefficient (Wildman–Crippen LogP) is 3.84. The molecule has 2 aromatic rings. The Kier molecular flexibility index (Phi) is 4.89. The first kappa shape index (κ1) is 18.9. The highest BCUT2D eigenvalue weighted by atomic mass is 19.1. The molecule has 29 heavy (non-hydrogen) atoms. The molecule has 0 spiro atoms. The summed E-state index contributed by atoms with van der Waals surface area (Å²) in [7, 11) is 0. The largest absolute Gasteiger partial charge is 0.486 e. The molecule has 8 heteroatoms. The Hall–Kier alpha value is -3.47. The van der Waals surface area contributed by atoms with Gasteiger partial charge in [0.25, 0.3) is 0 Å². The second kappa shape index (κ2) is 7.51. The molecule has 0 aliphatic carbocycles. The average Bonchev–Trinajstić information content (AvgIpc) is 3.19. The molecule has 2 aliphatic heterocycles. The van der Waals surface area contributed by atoms with Gasteiger partial charge in [0.2, 0.25) is 0 Å². The molecule has 2 aliphatic rings. The third-order valence-corrected chi connectivity index (χ3v) is 5.20. The monoisotopic (exact) mass is 396 g/mol. The van der Waals surface area contributed by atoms with E-state index in [1.807, 2.05) is 6.92 Å². The van der Waals surface area contributed by atoms with Gasteiger partial charge in [0.1, 0.15) is 23.5 Å². The quantitative estimate of drug-likeness (QED) is 0.792. The third kappa shape index (κ3) is 3.63. The first-order valence-electron chi connectivity index (χ1n) is 9.21. The zero-order valence-electron chi connectivity index (χ0n) is 15.6. The maximum atomic E-state index is 13.6. The Labute approximate surface area is 166 Å². The molecule has 0 aromatic heterocycles. The summed E-state index contributed by atoms with van der Waals surface area (Å²) in [5.41, 5.74) is 0.863. The maximum absolute atomic E-state index is 13.6. The molecule has 3 atom stereocenters. The number of nitrogens with zero attached hydrogens (tertiary/aromatic N) is 4. The van der Waals surface area contributed by atoms with Crippen molar-refractivity contribution in [2.24, 2.45) is 5.10 Å². The molecule has 0 unspecified atom stereocenters. The second-order valence-electron chi connectivity index (χ2n) is 7.07. The smallest absolute Gasteiger partial charge is 0.341 e. The number of hydrogen-bond donors (Lipinski definition) is 0. The van der Waals surface area contributed by atoms with E-state index in [1.54, 1.807) is 35.4 Å². The second-order valence-corrected chi connectivity index (χ2v) is 7.07. The Balaban J connectivity index is 1.43. The zero-order chi connectivity index (χ0) is 20.5. The number of benzene rings is 2. The van der Waals surface area contributed by atoms with Crippen LogP contribution in [-0.2, 0) is 0 Å². The fourth-order valence-electron chi connectivity index (χ4n) is 3.55. The molecule has 0 N–H and O–H groups in total. The van der Waals surface area contributed by atoms with Gasteiger partial charge in [-0.2, -0.15) is 10.4 Å². The summed E-state index contributed by atoms with van der Waals surface area (Å²) in [6.07, 6.45) is 1.74. The van der Waals surface area contributed by atoms with E-state index >= 15 is 0 Å². The van der Waals surface area contributed by atoms with Crippen LogP contribution in [0.1, 0.15) is 30.5 Å². The van der Waals surface area contributed by atoms with Crippen molar-refractivity contribution in [1.82, 2.24) is 9.91 Å². The van der Waals surface area contributed by atoms with Gasteiger partial charge in [-0.05, 0) is 42.8 Å². The van der Waals surface area contributed by atoms with Gasteiger partial charge in [-0.15, -0.1) is 0 Å². The number of likely N-dealkylation sites (tertiary alicyclic amines) is 1. The number of hydrazone groups is 1. The minimum absolute atomic E-state index is 0.214. The van der Waals surface area contributed by atoms with Crippen LogP contribution in [0.2, 0.25) is 0 Å². The average molecular weight is 396 g/mol. The van der Waals surface area contributed by atoms with E-state index in [-0.39, 0.29) is 18.2 Å². The summed E-state index contributed by atoms with van der Waals surface area (Å²) >= 11 is 0. The number of carbonyl (C=O) groups excluding carboxylic acids is 1. The topological polar surface area (TPSA) is 68.9 Å². The van der Waals surface area contributed by atoms with Crippen LogP contribution in [0, 0.1) is 23.0 Å². The van der Waals surface area contributed by atoms with E-state index in [0.717, 1.165) is 6.07 Å². The molecule has 0 radical (unpaired) electrons. The molecular weight excluding hydrogens is 378 g/mol. The fourth-order valence-corrected chi connectivity index (χ4v) is 3.55. The van der Waals surface area contributed by atoms with Gasteiger partial charge >= 0.3 is 6.03 Å². The summed E-state index contributed by atoms with van der Waals surface area (Å²) in [6, 6.07) is 11.0. The summed E-state index contributed by atoms with van der Waals surface area (Å²) in [6.45, 7) is 2.21. The molecule has 2 aromatic carbocycles. The molecular formula is C21H18F2N4O2. The lowest BCUT2D eigenvalue weighted by Crippen LogP contribution is -2.64. The van der Waals surface area contributed by atoms with Crippen LogP contribution in [0.4, 0.5) is 13.6 Å². The van der Waals surface area contributed by atoms with E-state index in [9.17, 15) is 13.6 Å². The van der Waals surface area contributed by atoms with Crippen molar-refractivity contribution >= 4 is 12.2 Å². The number of urea groups is 1. The molecule has 2 heterocycles. The summed E-state index contributed by atoms with van der Waals surface area (Å²) in [5.74, 6) is -0.810. The molecule has 148 valence electrons. The minimum atomic E-state index is -0.690. The van der Waals surface area contributed by atoms with E-state index < -0.39 is 17.7 Å². The minimum Gasteiger partial charge on any atom is -0.486 e. The van der Waals surface area contributed by atoms with Crippen molar-refractivity contribution in [1.29, 1.82) is 5.26 Å². The highest BCUT2D eigenvalue weighted by Gasteiger charge is 2.44. The summed E-state index contributed by atoms with van der Waals surface area (Å²) in [4.78, 5) is 14.5. The summed E-state index contributed by atoms with van der Waals surface area (Å²) in [5, 5.41) is 14.4. The highest BCUT2D eigenvalue weighted by Crippen LogP contribution is 2.33. The van der Waals surface area contributed by atoms with E-state index in [1.165, 1.54) is 17.1 Å². The predicted molar refractivity (Wildman–Crippen MR) is 101 cm³/mol. The normalized spacial score (nSPS) is 22.9. The number of carbonyl (C=O) groups is 1. The van der Waals surface area contributed by atoms with Gasteiger partial charge in [-0.25, -0.2) is 18.6 Å². The Morgan fingerprint density at radius 3 is 2.69 bits per heavy atom. The first-order chi connectivity index (χ1) is 14.0. The lowest BCUT2D eigenvalue weighted by atomic mass is 10.0. The third-order valence-electron chi connectivity index (χ3n) is 5.20. The van der Waals surface area contributed by atoms with Crippen LogP contribution >= 0.6 is 0 Å². The zero-order valence-corrected chi connectivity index (χ0v) is 15.6. The molecule has 1 saturated heterocycles. The summed E-state index contributed by atoms with van der Waals surface area (Å²) < 4.78 is 33.1. The maximum Gasteiger partial charge on any atom is 0.341 e. The number of halogens is 2. The molecule has 1 fully saturated rings. The van der Waals surface area contributed by atoms with Crippen molar-refractivity contribution in [3.05, 3.63) is 65.2 Å². The van der Waals surface area contributed by atoms with E-state index in [2.05, 4.69) is 11.2 Å². The lowest BCUT2D eigenvalue weighted by molar-refractivity contribution is -0.0197. The van der Waals surface area contributed by atoms with Gasteiger partial charge in [0.15, 0.2) is 0 Å². The molecule has 6 nitrogen and oxygen atoms in total. The number of nitriles is 1. The number of hydrogen-bond acceptors (Lipinski definition) is 4. The van der Waals surface area contributed by atoms with E-state index in [4.69, 9.17) is 10.00 Å². The van der Waals surface area contributed by atoms with Crippen LogP contribution < -0.4 is 4.74 Å². The highest BCUT2D eigenvalue weighted by molar-refractivity contribution is 5.79.